The molecule has 1 heterocycles. The first-order valence-corrected chi connectivity index (χ1v) is 9.96. The van der Waals surface area contributed by atoms with E-state index in [1.54, 1.807) is 18.0 Å². The molecule has 0 saturated heterocycles. The first-order chi connectivity index (χ1) is 12.2. The summed E-state index contributed by atoms with van der Waals surface area (Å²) in [4.78, 5) is 14.3. The van der Waals surface area contributed by atoms with E-state index in [4.69, 9.17) is 4.52 Å². The molecule has 4 rings (SSSR count). The second-order valence-electron chi connectivity index (χ2n) is 6.11. The predicted molar refractivity (Wildman–Crippen MR) is 102 cm³/mol. The Morgan fingerprint density at radius 2 is 1.96 bits per heavy atom. The fourth-order valence-corrected chi connectivity index (χ4v) is 4.10. The van der Waals surface area contributed by atoms with Crippen LogP contribution < -0.4 is 0 Å². The van der Waals surface area contributed by atoms with Crippen LogP contribution >= 0.6 is 27.7 Å². The number of nitrogens with zero attached hydrogens (tertiary/aromatic N) is 1. The van der Waals surface area contributed by atoms with Gasteiger partial charge in [-0.1, -0.05) is 39.3 Å². The number of ketones is 1. The van der Waals surface area contributed by atoms with Gasteiger partial charge in [0.05, 0.1) is 11.8 Å². The fourth-order valence-electron chi connectivity index (χ4n) is 2.79. The van der Waals surface area contributed by atoms with Gasteiger partial charge < -0.3 is 4.52 Å². The summed E-state index contributed by atoms with van der Waals surface area (Å²) in [7, 11) is 0. The molecule has 0 amide bonds. The van der Waals surface area contributed by atoms with Crippen molar-refractivity contribution in [1.29, 1.82) is 0 Å². The molecule has 1 fully saturated rings. The molecule has 5 heteroatoms. The number of benzene rings is 2. The Morgan fingerprint density at radius 1 is 1.16 bits per heavy atom. The van der Waals surface area contributed by atoms with Crippen molar-refractivity contribution in [1.82, 2.24) is 5.16 Å². The van der Waals surface area contributed by atoms with Crippen molar-refractivity contribution in [3.05, 3.63) is 81.7 Å². The maximum absolute atomic E-state index is 13.1. The highest BCUT2D eigenvalue weighted by Crippen LogP contribution is 2.42. The number of rotatable bonds is 6. The van der Waals surface area contributed by atoms with E-state index in [-0.39, 0.29) is 5.78 Å². The van der Waals surface area contributed by atoms with Gasteiger partial charge in [0.2, 0.25) is 0 Å². The normalized spacial score (nSPS) is 13.8. The third-order valence-electron chi connectivity index (χ3n) is 4.24. The molecule has 0 aliphatic heterocycles. The van der Waals surface area contributed by atoms with Crippen LogP contribution in [0, 0.1) is 0 Å². The first-order valence-electron chi connectivity index (χ1n) is 8.18. The van der Waals surface area contributed by atoms with Crippen LogP contribution in [0.3, 0.4) is 0 Å². The van der Waals surface area contributed by atoms with E-state index in [1.807, 2.05) is 36.4 Å². The lowest BCUT2D eigenvalue weighted by atomic mass is 9.99. The molecule has 1 aliphatic carbocycles. The third-order valence-corrected chi connectivity index (χ3v) is 5.79. The summed E-state index contributed by atoms with van der Waals surface area (Å²) < 4.78 is 6.31. The second kappa shape index (κ2) is 7.18. The Balaban J connectivity index is 1.62. The Morgan fingerprint density at radius 3 is 2.72 bits per heavy atom. The molecule has 1 aromatic heterocycles. The highest BCUT2D eigenvalue weighted by atomic mass is 79.9. The van der Waals surface area contributed by atoms with Gasteiger partial charge in [-0.25, -0.2) is 0 Å². The number of carbonyl (C=O) groups is 1. The quantitative estimate of drug-likeness (QED) is 0.376. The summed E-state index contributed by atoms with van der Waals surface area (Å²) in [6.45, 7) is 0. The van der Waals surface area contributed by atoms with Crippen LogP contribution in [0.15, 0.2) is 68.6 Å². The lowest BCUT2D eigenvalue weighted by molar-refractivity contribution is 0.103. The molecule has 0 radical (unpaired) electrons. The molecule has 0 atom stereocenters. The van der Waals surface area contributed by atoms with E-state index in [0.717, 1.165) is 40.0 Å². The number of carbonyl (C=O) groups excluding carboxylic acids is 1. The minimum Gasteiger partial charge on any atom is -0.360 e. The van der Waals surface area contributed by atoms with Crippen molar-refractivity contribution in [2.75, 3.05) is 0 Å². The van der Waals surface area contributed by atoms with E-state index in [2.05, 4.69) is 33.2 Å². The van der Waals surface area contributed by atoms with Crippen LogP contribution in [0.25, 0.3) is 0 Å². The van der Waals surface area contributed by atoms with Gasteiger partial charge in [-0.2, -0.15) is 0 Å². The molecule has 25 heavy (non-hydrogen) atoms. The average molecular weight is 414 g/mol. The Bertz CT molecular complexity index is 903. The Hall–Kier alpha value is -1.85. The minimum absolute atomic E-state index is 0.000637. The highest BCUT2D eigenvalue weighted by Gasteiger charge is 2.33. The maximum Gasteiger partial charge on any atom is 0.198 e. The predicted octanol–water partition coefficient (Wildman–Crippen LogP) is 5.84. The summed E-state index contributed by atoms with van der Waals surface area (Å²) in [5.74, 6) is 1.84. The van der Waals surface area contributed by atoms with E-state index < -0.39 is 0 Å². The zero-order chi connectivity index (χ0) is 17.2. The lowest BCUT2D eigenvalue weighted by Crippen LogP contribution is -2.06. The van der Waals surface area contributed by atoms with Gasteiger partial charge >= 0.3 is 0 Å². The third kappa shape index (κ3) is 3.72. The van der Waals surface area contributed by atoms with Crippen molar-refractivity contribution < 1.29 is 9.32 Å². The van der Waals surface area contributed by atoms with E-state index in [1.165, 1.54) is 4.90 Å². The molecule has 1 aliphatic rings. The van der Waals surface area contributed by atoms with E-state index >= 15 is 0 Å². The molecule has 0 N–H and O–H groups in total. The zero-order valence-electron chi connectivity index (χ0n) is 13.4. The monoisotopic (exact) mass is 413 g/mol. The average Bonchev–Trinajstić information content (AvgIpc) is 3.37. The number of aromatic nitrogens is 1. The van der Waals surface area contributed by atoms with Crippen LogP contribution in [-0.2, 0) is 5.75 Å². The van der Waals surface area contributed by atoms with Crippen LogP contribution in [0.1, 0.15) is 46.0 Å². The molecular formula is C20H16BrNO2S. The Kier molecular flexibility index (Phi) is 4.77. The van der Waals surface area contributed by atoms with Crippen molar-refractivity contribution in [3.63, 3.8) is 0 Å². The summed E-state index contributed by atoms with van der Waals surface area (Å²) >= 11 is 5.24. The minimum atomic E-state index is -0.000637. The summed E-state index contributed by atoms with van der Waals surface area (Å²) in [5, 5.41) is 3.86. The van der Waals surface area contributed by atoms with Crippen molar-refractivity contribution >= 4 is 33.5 Å². The van der Waals surface area contributed by atoms with E-state index in [0.29, 0.717) is 11.5 Å². The molecule has 126 valence electrons. The largest absolute Gasteiger partial charge is 0.360 e. The Labute approximate surface area is 158 Å². The molecule has 2 aromatic carbocycles. The smallest absolute Gasteiger partial charge is 0.198 e. The molecule has 0 bridgehead atoms. The summed E-state index contributed by atoms with van der Waals surface area (Å²) in [6, 6.07) is 16.0. The number of hydrogen-bond acceptors (Lipinski definition) is 4. The lowest BCUT2D eigenvalue weighted by Gasteiger charge is -2.09. The van der Waals surface area contributed by atoms with Gasteiger partial charge in [0.15, 0.2) is 11.5 Å². The van der Waals surface area contributed by atoms with Crippen molar-refractivity contribution in [2.45, 2.75) is 29.4 Å². The van der Waals surface area contributed by atoms with Crippen molar-refractivity contribution in [3.8, 4) is 0 Å². The summed E-state index contributed by atoms with van der Waals surface area (Å²) in [5.41, 5.74) is 2.34. The van der Waals surface area contributed by atoms with Gasteiger partial charge in [0.1, 0.15) is 0 Å². The second-order valence-corrected chi connectivity index (χ2v) is 8.07. The zero-order valence-corrected chi connectivity index (χ0v) is 15.8. The first kappa shape index (κ1) is 16.6. The summed E-state index contributed by atoms with van der Waals surface area (Å²) in [6.07, 6.45) is 3.71. The number of halogens is 1. The molecule has 3 nitrogen and oxygen atoms in total. The van der Waals surface area contributed by atoms with Gasteiger partial charge in [-0.15, -0.1) is 11.8 Å². The van der Waals surface area contributed by atoms with Crippen LogP contribution in [0.5, 0.6) is 0 Å². The standard InChI is InChI=1S/C20H16BrNO2S/c21-15-8-9-17(14(10-15)12-25-16-4-2-1-3-5-16)19(23)18-11-22-24-20(18)13-6-7-13/h1-5,8-11,13H,6-7,12H2. The van der Waals surface area contributed by atoms with Gasteiger partial charge in [-0.3, -0.25) is 4.79 Å². The molecule has 0 unspecified atom stereocenters. The SMILES string of the molecule is O=C(c1ccc(Br)cc1CSc1ccccc1)c1cnoc1C1CC1. The molecule has 3 aromatic rings. The van der Waals surface area contributed by atoms with Gasteiger partial charge in [0, 0.05) is 26.6 Å². The van der Waals surface area contributed by atoms with Crippen molar-refractivity contribution in [2.24, 2.45) is 0 Å². The number of hydrogen-bond donors (Lipinski definition) is 0. The molecule has 0 spiro atoms. The van der Waals surface area contributed by atoms with Crippen LogP contribution in [0.2, 0.25) is 0 Å². The number of thioether (sulfide) groups is 1. The topological polar surface area (TPSA) is 43.1 Å². The van der Waals surface area contributed by atoms with E-state index in [9.17, 15) is 4.79 Å². The van der Waals surface area contributed by atoms with Crippen LogP contribution in [-0.4, -0.2) is 10.9 Å². The van der Waals surface area contributed by atoms with Crippen LogP contribution in [0.4, 0.5) is 0 Å². The van der Waals surface area contributed by atoms with Gasteiger partial charge in [-0.05, 0) is 48.7 Å². The molecule has 1 saturated carbocycles. The maximum atomic E-state index is 13.1. The fraction of sp³-hybridized carbons (Fsp3) is 0.200. The molecular weight excluding hydrogens is 398 g/mol. The van der Waals surface area contributed by atoms with Gasteiger partial charge in [0.25, 0.3) is 0 Å². The highest BCUT2D eigenvalue weighted by molar-refractivity contribution is 9.10.